The van der Waals surface area contributed by atoms with E-state index >= 15 is 0 Å². The van der Waals surface area contributed by atoms with Gasteiger partial charge in [-0.05, 0) is 54.1 Å². The van der Waals surface area contributed by atoms with Crippen LogP contribution < -0.4 is 40.5 Å². The van der Waals surface area contributed by atoms with Crippen LogP contribution in [0, 0.1) is 10.2 Å². The molecule has 0 aliphatic carbocycles. The van der Waals surface area contributed by atoms with Crippen LogP contribution in [0.15, 0.2) is 188 Å². The third-order valence-electron chi connectivity index (χ3n) is 7.85. The maximum Gasteiger partial charge on any atom is 0.272 e. The lowest BCUT2D eigenvalue weighted by Crippen LogP contribution is -2.58. The first kappa shape index (κ1) is 36.8. The minimum Gasteiger partial charge on any atom is -0.347 e. The van der Waals surface area contributed by atoms with Crippen molar-refractivity contribution in [3.8, 4) is 0 Å². The normalized spacial score (nSPS) is 11.7. The molecule has 0 saturated heterocycles. The van der Waals surface area contributed by atoms with Gasteiger partial charge in [0, 0.05) is 17.7 Å². The topological polar surface area (TPSA) is 148 Å². The Hall–Kier alpha value is -5.44. The Bertz CT molecular complexity index is 1930. The summed E-state index contributed by atoms with van der Waals surface area (Å²) in [5.41, 5.74) is 2.50. The highest BCUT2D eigenvalue weighted by molar-refractivity contribution is 8.03. The molecule has 0 heterocycles. The van der Waals surface area contributed by atoms with Crippen molar-refractivity contribution in [2.24, 2.45) is 0 Å². The lowest BCUT2D eigenvalue weighted by molar-refractivity contribution is -1.92. The van der Waals surface area contributed by atoms with Gasteiger partial charge in [0.15, 0.2) is 5.70 Å². The number of hydrogen-bond donors (Lipinski definition) is 3. The zero-order chi connectivity index (χ0) is 36.1. The molecular weight excluding hydrogens is 683 g/mol. The van der Waals surface area contributed by atoms with Gasteiger partial charge in [-0.15, -0.1) is 0 Å². The van der Waals surface area contributed by atoms with Crippen LogP contribution in [0.2, 0.25) is 0 Å². The van der Waals surface area contributed by atoms with E-state index in [0.29, 0.717) is 12.1 Å². The molecule has 256 valence electrons. The van der Waals surface area contributed by atoms with Gasteiger partial charge in [-0.25, -0.2) is 0 Å². The van der Waals surface area contributed by atoms with Crippen LogP contribution in [-0.2, 0) is 11.3 Å². The maximum atomic E-state index is 14.7. The molecule has 6 aromatic rings. The SMILES string of the molecule is O=C(NCc1ccccc1)/C(NC(=O)c1ccccc1)=C(\c1ccccc1)[P+](c1ccccc1)(c1ccccc1)c1ccccc1.[O-][Cl+3]([O-])([O-])O. The molecule has 2 amide bonds. The fourth-order valence-electron chi connectivity index (χ4n) is 5.76. The van der Waals surface area contributed by atoms with Crippen molar-refractivity contribution in [2.75, 3.05) is 0 Å². The Labute approximate surface area is 299 Å². The van der Waals surface area contributed by atoms with Gasteiger partial charge in [0.2, 0.25) is 0 Å². The highest BCUT2D eigenvalue weighted by Crippen LogP contribution is 2.67. The molecular formula is C41H35ClN2O6P+. The van der Waals surface area contributed by atoms with Crippen molar-refractivity contribution >= 4 is 40.3 Å². The van der Waals surface area contributed by atoms with E-state index in [0.717, 1.165) is 32.4 Å². The van der Waals surface area contributed by atoms with Gasteiger partial charge in [-0.1, -0.05) is 133 Å². The van der Waals surface area contributed by atoms with Crippen LogP contribution in [0.3, 0.4) is 0 Å². The number of amides is 2. The van der Waals surface area contributed by atoms with Gasteiger partial charge in [0.25, 0.3) is 11.8 Å². The molecule has 0 saturated carbocycles. The average molecular weight is 718 g/mol. The summed E-state index contributed by atoms with van der Waals surface area (Å²) in [4.78, 5) is 28.7. The van der Waals surface area contributed by atoms with Crippen LogP contribution >= 0.6 is 7.26 Å². The second-order valence-corrected chi connectivity index (χ2v) is 15.3. The van der Waals surface area contributed by atoms with Gasteiger partial charge in [-0.3, -0.25) is 9.59 Å². The van der Waals surface area contributed by atoms with Crippen molar-refractivity contribution in [2.45, 2.75) is 6.54 Å². The quantitative estimate of drug-likeness (QED) is 0.147. The predicted octanol–water partition coefficient (Wildman–Crippen LogP) is 2.97. The van der Waals surface area contributed by atoms with Crippen molar-refractivity contribution < 1.29 is 38.5 Å². The number of carbonyl (C=O) groups is 2. The Morgan fingerprint density at radius 2 is 0.863 bits per heavy atom. The second kappa shape index (κ2) is 17.5. The van der Waals surface area contributed by atoms with Gasteiger partial charge < -0.3 is 10.6 Å². The van der Waals surface area contributed by atoms with Gasteiger partial charge >= 0.3 is 0 Å². The molecule has 0 bridgehead atoms. The Balaban J connectivity index is 0.000000943. The molecule has 0 aromatic heterocycles. The van der Waals surface area contributed by atoms with E-state index in [1.165, 1.54) is 0 Å². The minimum absolute atomic E-state index is 0.223. The lowest BCUT2D eigenvalue weighted by Gasteiger charge is -2.31. The van der Waals surface area contributed by atoms with Crippen LogP contribution in [0.5, 0.6) is 0 Å². The zero-order valence-corrected chi connectivity index (χ0v) is 29.0. The van der Waals surface area contributed by atoms with E-state index < -0.39 is 17.5 Å². The first-order chi connectivity index (χ1) is 24.7. The van der Waals surface area contributed by atoms with E-state index in [4.69, 9.17) is 18.6 Å². The van der Waals surface area contributed by atoms with E-state index in [1.807, 2.05) is 133 Å². The Kier molecular flexibility index (Phi) is 12.6. The standard InChI is InChI=1S/C41H33N2O2P.ClHO4/c44-40(34-23-11-3-12-24-34)43-38(41(45)42-31-32-19-7-1-8-20-32)39(33-21-9-2-10-22-33)46(35-25-13-4-14-26-35,36-27-15-5-16-28-36)37-29-17-6-18-30-37;2-1(3,4)5/h1-30H,31H2,(H-,42,43,44,45);(H,2,3,4,5)/p+1/b39-38-;. The summed E-state index contributed by atoms with van der Waals surface area (Å²) in [6.45, 7) is 0.305. The monoisotopic (exact) mass is 717 g/mol. The first-order valence-electron chi connectivity index (χ1n) is 15.9. The fourth-order valence-corrected chi connectivity index (χ4v) is 10.3. The summed E-state index contributed by atoms with van der Waals surface area (Å²) in [6.07, 6.45) is 0. The smallest absolute Gasteiger partial charge is 0.272 e. The third kappa shape index (κ3) is 9.63. The molecule has 0 atom stereocenters. The zero-order valence-electron chi connectivity index (χ0n) is 27.3. The molecule has 0 aliphatic rings. The van der Waals surface area contributed by atoms with Crippen molar-refractivity contribution in [3.05, 3.63) is 204 Å². The number of carbonyl (C=O) groups excluding carboxylic acids is 2. The van der Waals surface area contributed by atoms with Crippen molar-refractivity contribution in [3.63, 3.8) is 0 Å². The van der Waals surface area contributed by atoms with Crippen LogP contribution in [-0.4, -0.2) is 16.5 Å². The number of rotatable bonds is 10. The number of hydrogen-bond acceptors (Lipinski definition) is 6. The van der Waals surface area contributed by atoms with Gasteiger partial charge in [-0.2, -0.15) is 14.0 Å². The summed E-state index contributed by atoms with van der Waals surface area (Å²) < 4.78 is 32.7. The van der Waals surface area contributed by atoms with E-state index in [2.05, 4.69) is 47.0 Å². The summed E-state index contributed by atoms with van der Waals surface area (Å²) in [5, 5.41) is 10.2. The average Bonchev–Trinajstić information content (AvgIpc) is 3.17. The molecule has 0 aliphatic heterocycles. The summed E-state index contributed by atoms with van der Waals surface area (Å²) in [6, 6.07) is 59.8. The van der Waals surface area contributed by atoms with Crippen LogP contribution in [0.25, 0.3) is 5.31 Å². The van der Waals surface area contributed by atoms with Crippen molar-refractivity contribution in [1.82, 2.24) is 10.6 Å². The molecule has 8 nitrogen and oxygen atoms in total. The van der Waals surface area contributed by atoms with E-state index in [1.54, 1.807) is 12.1 Å². The number of halogens is 1. The summed E-state index contributed by atoms with van der Waals surface area (Å²) >= 11 is 0. The molecule has 10 heteroatoms. The van der Waals surface area contributed by atoms with Gasteiger partial charge in [0.05, 0.1) is 14.9 Å². The van der Waals surface area contributed by atoms with Crippen LogP contribution in [0.4, 0.5) is 0 Å². The van der Waals surface area contributed by atoms with Gasteiger partial charge in [0.1, 0.15) is 28.5 Å². The Morgan fingerprint density at radius 1 is 0.529 bits per heavy atom. The molecule has 0 fully saturated rings. The Morgan fingerprint density at radius 3 is 1.25 bits per heavy atom. The van der Waals surface area contributed by atoms with Crippen LogP contribution in [0.1, 0.15) is 21.5 Å². The summed E-state index contributed by atoms with van der Waals surface area (Å²) in [7, 11) is -7.53. The second-order valence-electron chi connectivity index (χ2n) is 11.2. The molecule has 0 spiro atoms. The number of benzene rings is 6. The van der Waals surface area contributed by atoms with E-state index in [9.17, 15) is 9.59 Å². The third-order valence-corrected chi connectivity index (χ3v) is 12.2. The first-order valence-corrected chi connectivity index (χ1v) is 18.9. The molecule has 3 N–H and O–H groups in total. The lowest BCUT2D eigenvalue weighted by atomic mass is 10.1. The molecule has 6 aromatic carbocycles. The molecule has 0 unspecified atom stereocenters. The summed E-state index contributed by atoms with van der Waals surface area (Å²) in [5.74, 6) is -0.717. The highest BCUT2D eigenvalue weighted by atomic mass is 35.7. The minimum atomic E-state index is -4.69. The molecule has 6 rings (SSSR count). The molecule has 0 radical (unpaired) electrons. The predicted molar refractivity (Wildman–Crippen MR) is 193 cm³/mol. The number of nitrogens with one attached hydrogen (secondary N) is 2. The maximum absolute atomic E-state index is 14.7. The van der Waals surface area contributed by atoms with Crippen molar-refractivity contribution in [1.29, 1.82) is 0 Å². The highest BCUT2D eigenvalue weighted by Gasteiger charge is 2.52. The fraction of sp³-hybridized carbons (Fsp3) is 0.0244. The largest absolute Gasteiger partial charge is 0.347 e. The molecule has 51 heavy (non-hydrogen) atoms. The van der Waals surface area contributed by atoms with E-state index in [-0.39, 0.29) is 17.5 Å².